The molecule has 0 bridgehead atoms. The fourth-order valence-electron chi connectivity index (χ4n) is 2.55. The smallest absolute Gasteiger partial charge is 0.338 e. The third kappa shape index (κ3) is 5.06. The molecule has 0 saturated heterocycles. The molecule has 0 aromatic heterocycles. The molecule has 8 nitrogen and oxygen atoms in total. The molecule has 0 aliphatic heterocycles. The maximum atomic E-state index is 12.3. The van der Waals surface area contributed by atoms with Crippen molar-refractivity contribution in [1.29, 1.82) is 0 Å². The Morgan fingerprint density at radius 3 is 2.46 bits per heavy atom. The Morgan fingerprint density at radius 1 is 1.18 bits per heavy atom. The number of likely N-dealkylation sites (N-methyl/N-ethyl adjacent to an activating group) is 1. The van der Waals surface area contributed by atoms with Crippen LogP contribution in [0.25, 0.3) is 0 Å². The Balaban J connectivity index is 2.02. The van der Waals surface area contributed by atoms with Gasteiger partial charge in [-0.1, -0.05) is 30.3 Å². The second-order valence-electron chi connectivity index (χ2n) is 6.04. The zero-order valence-corrected chi connectivity index (χ0v) is 16.0. The van der Waals surface area contributed by atoms with Crippen LogP contribution in [0.5, 0.6) is 5.75 Å². The van der Waals surface area contributed by atoms with Gasteiger partial charge in [-0.05, 0) is 31.5 Å². The topological polar surface area (TPSA) is 99.0 Å². The molecule has 28 heavy (non-hydrogen) atoms. The lowest BCUT2D eigenvalue weighted by Gasteiger charge is -2.25. The minimum absolute atomic E-state index is 0.0262. The average molecular weight is 386 g/mol. The number of ether oxygens (including phenoxy) is 2. The summed E-state index contributed by atoms with van der Waals surface area (Å²) in [4.78, 5) is 36.5. The van der Waals surface area contributed by atoms with Crippen molar-refractivity contribution in [3.05, 3.63) is 69.8 Å². The highest BCUT2D eigenvalue weighted by Gasteiger charge is 2.22. The Morgan fingerprint density at radius 2 is 1.86 bits per heavy atom. The molecule has 2 aromatic carbocycles. The molecule has 0 N–H and O–H groups in total. The van der Waals surface area contributed by atoms with Crippen LogP contribution in [0.1, 0.15) is 35.8 Å². The first-order chi connectivity index (χ1) is 13.3. The zero-order chi connectivity index (χ0) is 20.7. The van der Waals surface area contributed by atoms with Gasteiger partial charge in [0.1, 0.15) is 0 Å². The van der Waals surface area contributed by atoms with Crippen LogP contribution in [0.15, 0.2) is 48.5 Å². The van der Waals surface area contributed by atoms with E-state index in [4.69, 9.17) is 9.47 Å². The van der Waals surface area contributed by atoms with Gasteiger partial charge in [0, 0.05) is 13.1 Å². The van der Waals surface area contributed by atoms with Crippen molar-refractivity contribution in [3.63, 3.8) is 0 Å². The number of nitrogens with zero attached hydrogens (tertiary/aromatic N) is 2. The number of carbonyl (C=O) groups excluding carboxylic acids is 2. The summed E-state index contributed by atoms with van der Waals surface area (Å²) in [6.07, 6.45) is 0. The quantitative estimate of drug-likeness (QED) is 0.392. The van der Waals surface area contributed by atoms with Crippen LogP contribution in [-0.2, 0) is 9.53 Å². The molecule has 0 aliphatic rings. The summed E-state index contributed by atoms with van der Waals surface area (Å²) in [5.74, 6) is -1.14. The molecule has 148 valence electrons. The van der Waals surface area contributed by atoms with Gasteiger partial charge in [-0.2, -0.15) is 0 Å². The number of amides is 1. The van der Waals surface area contributed by atoms with E-state index < -0.39 is 17.5 Å². The molecule has 2 rings (SSSR count). The molecule has 0 heterocycles. The average Bonchev–Trinajstić information content (AvgIpc) is 2.71. The molecule has 0 spiro atoms. The van der Waals surface area contributed by atoms with E-state index in [-0.39, 0.29) is 35.6 Å². The highest BCUT2D eigenvalue weighted by molar-refractivity contribution is 5.92. The number of esters is 1. The summed E-state index contributed by atoms with van der Waals surface area (Å²) in [5, 5.41) is 11.1. The lowest BCUT2D eigenvalue weighted by Crippen LogP contribution is -2.33. The first kappa shape index (κ1) is 20.9. The molecule has 8 heteroatoms. The maximum Gasteiger partial charge on any atom is 0.338 e. The van der Waals surface area contributed by atoms with Crippen LogP contribution < -0.4 is 4.74 Å². The van der Waals surface area contributed by atoms with Gasteiger partial charge in [0.15, 0.2) is 12.4 Å². The summed E-state index contributed by atoms with van der Waals surface area (Å²) >= 11 is 0. The number of hydrogen-bond acceptors (Lipinski definition) is 6. The standard InChI is InChI=1S/C20H22N2O6/c1-4-27-18-11-10-16(12-17(18)22(25)26)20(24)28-13-19(23)21(3)14(2)15-8-6-5-7-9-15/h5-12,14H,4,13H2,1-3H3. The number of rotatable bonds is 8. The minimum Gasteiger partial charge on any atom is -0.487 e. The normalized spacial score (nSPS) is 11.4. The zero-order valence-electron chi connectivity index (χ0n) is 16.0. The first-order valence-electron chi connectivity index (χ1n) is 8.74. The van der Waals surface area contributed by atoms with Gasteiger partial charge in [0.25, 0.3) is 5.91 Å². The molecule has 0 saturated carbocycles. The van der Waals surface area contributed by atoms with Crippen molar-refractivity contribution in [1.82, 2.24) is 4.90 Å². The van der Waals surface area contributed by atoms with Crippen molar-refractivity contribution < 1.29 is 24.0 Å². The van der Waals surface area contributed by atoms with E-state index in [0.29, 0.717) is 0 Å². The van der Waals surface area contributed by atoms with Crippen LogP contribution in [0.3, 0.4) is 0 Å². The Hall–Kier alpha value is -3.42. The van der Waals surface area contributed by atoms with E-state index >= 15 is 0 Å². The maximum absolute atomic E-state index is 12.3. The molecule has 0 fully saturated rings. The predicted octanol–water partition coefficient (Wildman–Crippen LogP) is 3.37. The van der Waals surface area contributed by atoms with Crippen LogP contribution in [0.2, 0.25) is 0 Å². The molecule has 1 unspecified atom stereocenters. The van der Waals surface area contributed by atoms with E-state index in [1.165, 1.54) is 17.0 Å². The van der Waals surface area contributed by atoms with E-state index in [9.17, 15) is 19.7 Å². The number of benzene rings is 2. The third-order valence-corrected chi connectivity index (χ3v) is 4.27. The highest BCUT2D eigenvalue weighted by atomic mass is 16.6. The number of hydrogen-bond donors (Lipinski definition) is 0. The Bertz CT molecular complexity index is 853. The largest absolute Gasteiger partial charge is 0.487 e. The highest BCUT2D eigenvalue weighted by Crippen LogP contribution is 2.28. The molecule has 1 amide bonds. The van der Waals surface area contributed by atoms with Crippen LogP contribution in [0.4, 0.5) is 5.69 Å². The van der Waals surface area contributed by atoms with Gasteiger partial charge < -0.3 is 14.4 Å². The van der Waals surface area contributed by atoms with E-state index in [1.807, 2.05) is 37.3 Å². The number of nitro benzene ring substituents is 1. The van der Waals surface area contributed by atoms with Crippen molar-refractivity contribution >= 4 is 17.6 Å². The fourth-order valence-corrected chi connectivity index (χ4v) is 2.55. The first-order valence-corrected chi connectivity index (χ1v) is 8.74. The lowest BCUT2D eigenvalue weighted by molar-refractivity contribution is -0.385. The van der Waals surface area contributed by atoms with Crippen molar-refractivity contribution in [2.45, 2.75) is 19.9 Å². The lowest BCUT2D eigenvalue weighted by atomic mass is 10.1. The van der Waals surface area contributed by atoms with Gasteiger partial charge in [0.2, 0.25) is 0 Å². The molecular formula is C20H22N2O6. The summed E-state index contributed by atoms with van der Waals surface area (Å²) in [7, 11) is 1.62. The predicted molar refractivity (Wildman–Crippen MR) is 102 cm³/mol. The van der Waals surface area contributed by atoms with Gasteiger partial charge in [-0.25, -0.2) is 4.79 Å². The fraction of sp³-hybridized carbons (Fsp3) is 0.300. The van der Waals surface area contributed by atoms with E-state index in [2.05, 4.69) is 0 Å². The molecule has 1 atom stereocenters. The summed E-state index contributed by atoms with van der Waals surface area (Å²) in [6, 6.07) is 13.0. The molecule has 2 aromatic rings. The monoisotopic (exact) mass is 386 g/mol. The van der Waals surface area contributed by atoms with Gasteiger partial charge in [0.05, 0.1) is 23.1 Å². The summed E-state index contributed by atoms with van der Waals surface area (Å²) in [5.41, 5.74) is 0.589. The van der Waals surface area contributed by atoms with Gasteiger partial charge in [-0.15, -0.1) is 0 Å². The van der Waals surface area contributed by atoms with Crippen LogP contribution in [-0.4, -0.2) is 42.0 Å². The van der Waals surface area contributed by atoms with Crippen LogP contribution >= 0.6 is 0 Å². The van der Waals surface area contributed by atoms with E-state index in [1.54, 1.807) is 14.0 Å². The Kier molecular flexibility index (Phi) is 7.08. The number of carbonyl (C=O) groups is 2. The summed E-state index contributed by atoms with van der Waals surface area (Å²) in [6.45, 7) is 3.36. The van der Waals surface area contributed by atoms with E-state index in [0.717, 1.165) is 11.6 Å². The van der Waals surface area contributed by atoms with Gasteiger partial charge in [-0.3, -0.25) is 14.9 Å². The second kappa shape index (κ2) is 9.50. The molecule has 0 radical (unpaired) electrons. The number of nitro groups is 1. The second-order valence-corrected chi connectivity index (χ2v) is 6.04. The van der Waals surface area contributed by atoms with Crippen LogP contribution in [0, 0.1) is 10.1 Å². The van der Waals surface area contributed by atoms with Crippen molar-refractivity contribution in [2.75, 3.05) is 20.3 Å². The van der Waals surface area contributed by atoms with Gasteiger partial charge >= 0.3 is 11.7 Å². The SMILES string of the molecule is CCOc1ccc(C(=O)OCC(=O)N(C)C(C)c2ccccc2)cc1[N+](=O)[O-]. The minimum atomic E-state index is -0.819. The molecular weight excluding hydrogens is 364 g/mol. The Labute approximate surface area is 162 Å². The van der Waals surface area contributed by atoms with Crippen molar-refractivity contribution in [2.24, 2.45) is 0 Å². The van der Waals surface area contributed by atoms with Crippen molar-refractivity contribution in [3.8, 4) is 5.75 Å². The molecule has 0 aliphatic carbocycles. The summed E-state index contributed by atoms with van der Waals surface area (Å²) < 4.78 is 10.2. The third-order valence-electron chi connectivity index (χ3n) is 4.27.